The Bertz CT molecular complexity index is 354. The highest BCUT2D eigenvalue weighted by Crippen LogP contribution is 2.16. The summed E-state index contributed by atoms with van der Waals surface area (Å²) < 4.78 is 12.8. The Hall–Kier alpha value is -1.09. The standard InChI is InChI=1S/C10H11ClFNO/c1-7(14)13(2)6-8-3-4-10(12)9(11)5-8/h3-5H,6H2,1-2H3. The first-order valence-corrected chi connectivity index (χ1v) is 4.54. The summed E-state index contributed by atoms with van der Waals surface area (Å²) in [7, 11) is 1.68. The van der Waals surface area contributed by atoms with E-state index in [1.807, 2.05) is 0 Å². The van der Waals surface area contributed by atoms with Crippen molar-refractivity contribution in [3.8, 4) is 0 Å². The second-order valence-corrected chi connectivity index (χ2v) is 3.53. The van der Waals surface area contributed by atoms with Gasteiger partial charge in [0, 0.05) is 20.5 Å². The van der Waals surface area contributed by atoms with E-state index < -0.39 is 5.82 Å². The topological polar surface area (TPSA) is 20.3 Å². The van der Waals surface area contributed by atoms with Crippen molar-refractivity contribution < 1.29 is 9.18 Å². The lowest BCUT2D eigenvalue weighted by molar-refractivity contribution is -0.128. The lowest BCUT2D eigenvalue weighted by Gasteiger charge is -2.14. The summed E-state index contributed by atoms with van der Waals surface area (Å²) in [5, 5.41) is 0.0828. The summed E-state index contributed by atoms with van der Waals surface area (Å²) in [5.74, 6) is -0.480. The van der Waals surface area contributed by atoms with Gasteiger partial charge in [-0.25, -0.2) is 4.39 Å². The van der Waals surface area contributed by atoms with Crippen LogP contribution >= 0.6 is 11.6 Å². The molecule has 2 nitrogen and oxygen atoms in total. The average Bonchev–Trinajstić information content (AvgIpc) is 2.11. The molecule has 0 aliphatic carbocycles. The van der Waals surface area contributed by atoms with Crippen LogP contribution in [0.1, 0.15) is 12.5 Å². The number of benzene rings is 1. The van der Waals surface area contributed by atoms with Crippen molar-refractivity contribution in [3.05, 3.63) is 34.6 Å². The molecule has 0 radical (unpaired) electrons. The lowest BCUT2D eigenvalue weighted by Crippen LogP contribution is -2.22. The van der Waals surface area contributed by atoms with Crippen LogP contribution in [0, 0.1) is 5.82 Å². The van der Waals surface area contributed by atoms with Crippen LogP contribution in [0.4, 0.5) is 4.39 Å². The van der Waals surface area contributed by atoms with E-state index in [0.29, 0.717) is 6.54 Å². The fourth-order valence-electron chi connectivity index (χ4n) is 1.02. The first-order chi connectivity index (χ1) is 6.50. The highest BCUT2D eigenvalue weighted by atomic mass is 35.5. The normalized spacial score (nSPS) is 10.0. The van der Waals surface area contributed by atoms with Gasteiger partial charge >= 0.3 is 0 Å². The fourth-order valence-corrected chi connectivity index (χ4v) is 1.23. The van der Waals surface area contributed by atoms with Gasteiger partial charge in [-0.15, -0.1) is 0 Å². The van der Waals surface area contributed by atoms with E-state index >= 15 is 0 Å². The minimum Gasteiger partial charge on any atom is -0.342 e. The fraction of sp³-hybridized carbons (Fsp3) is 0.300. The molecule has 0 saturated carbocycles. The minimum absolute atomic E-state index is 0.0366. The molecule has 0 unspecified atom stereocenters. The number of carbonyl (C=O) groups is 1. The van der Waals surface area contributed by atoms with Crippen molar-refractivity contribution >= 4 is 17.5 Å². The van der Waals surface area contributed by atoms with Gasteiger partial charge in [0.2, 0.25) is 5.91 Å². The van der Waals surface area contributed by atoms with Crippen LogP contribution in [-0.4, -0.2) is 17.9 Å². The number of hydrogen-bond donors (Lipinski definition) is 0. The van der Waals surface area contributed by atoms with Crippen molar-refractivity contribution in [3.63, 3.8) is 0 Å². The maximum atomic E-state index is 12.8. The molecule has 0 N–H and O–H groups in total. The molecule has 0 spiro atoms. The summed E-state index contributed by atoms with van der Waals surface area (Å²) in [6.45, 7) is 1.92. The van der Waals surface area contributed by atoms with Crippen LogP contribution in [0.2, 0.25) is 5.02 Å². The van der Waals surface area contributed by atoms with Gasteiger partial charge in [0.05, 0.1) is 5.02 Å². The molecule has 1 rings (SSSR count). The second kappa shape index (κ2) is 4.42. The zero-order valence-electron chi connectivity index (χ0n) is 8.05. The molecule has 0 aliphatic rings. The maximum absolute atomic E-state index is 12.8. The summed E-state index contributed by atoms with van der Waals surface area (Å²) >= 11 is 5.60. The molecular formula is C10H11ClFNO. The Kier molecular flexibility index (Phi) is 3.47. The smallest absolute Gasteiger partial charge is 0.219 e. The van der Waals surface area contributed by atoms with Gasteiger partial charge in [-0.3, -0.25) is 4.79 Å². The summed E-state index contributed by atoms with van der Waals surface area (Å²) in [6, 6.07) is 4.43. The third kappa shape index (κ3) is 2.70. The van der Waals surface area contributed by atoms with Crippen molar-refractivity contribution in [2.24, 2.45) is 0 Å². The molecule has 1 amide bonds. The summed E-state index contributed by atoms with van der Waals surface area (Å²) in [5.41, 5.74) is 0.814. The van der Waals surface area contributed by atoms with E-state index in [1.54, 1.807) is 13.1 Å². The number of carbonyl (C=O) groups excluding carboxylic acids is 1. The van der Waals surface area contributed by atoms with E-state index in [0.717, 1.165) is 5.56 Å². The monoisotopic (exact) mass is 215 g/mol. The first kappa shape index (κ1) is 11.0. The summed E-state index contributed by atoms with van der Waals surface area (Å²) in [6.07, 6.45) is 0. The zero-order chi connectivity index (χ0) is 10.7. The number of nitrogens with zero attached hydrogens (tertiary/aromatic N) is 1. The van der Waals surface area contributed by atoms with Crippen LogP contribution < -0.4 is 0 Å². The van der Waals surface area contributed by atoms with E-state index in [-0.39, 0.29) is 10.9 Å². The molecule has 0 saturated heterocycles. The van der Waals surface area contributed by atoms with E-state index in [1.165, 1.54) is 24.0 Å². The van der Waals surface area contributed by atoms with Gasteiger partial charge in [0.25, 0.3) is 0 Å². The molecule has 76 valence electrons. The van der Waals surface area contributed by atoms with Crippen LogP contribution in [0.15, 0.2) is 18.2 Å². The molecule has 1 aromatic rings. The van der Waals surface area contributed by atoms with Crippen molar-refractivity contribution in [1.82, 2.24) is 4.90 Å². The maximum Gasteiger partial charge on any atom is 0.219 e. The molecule has 0 aromatic heterocycles. The number of halogens is 2. The van der Waals surface area contributed by atoms with Gasteiger partial charge in [0.1, 0.15) is 5.82 Å². The molecule has 14 heavy (non-hydrogen) atoms. The molecule has 4 heteroatoms. The SMILES string of the molecule is CC(=O)N(C)Cc1ccc(F)c(Cl)c1. The predicted molar refractivity (Wildman–Crippen MR) is 53.6 cm³/mol. The molecule has 0 aliphatic heterocycles. The van der Waals surface area contributed by atoms with Crippen LogP contribution in [0.25, 0.3) is 0 Å². The molecule has 0 atom stereocenters. The Labute approximate surface area is 87.3 Å². The first-order valence-electron chi connectivity index (χ1n) is 4.16. The second-order valence-electron chi connectivity index (χ2n) is 3.12. The number of hydrogen-bond acceptors (Lipinski definition) is 1. The van der Waals surface area contributed by atoms with Crippen LogP contribution in [-0.2, 0) is 11.3 Å². The largest absolute Gasteiger partial charge is 0.342 e. The van der Waals surface area contributed by atoms with Gasteiger partial charge in [-0.1, -0.05) is 17.7 Å². The molecule has 0 heterocycles. The minimum atomic E-state index is -0.444. The molecular weight excluding hydrogens is 205 g/mol. The van der Waals surface area contributed by atoms with Crippen molar-refractivity contribution in [1.29, 1.82) is 0 Å². The Balaban J connectivity index is 2.78. The highest BCUT2D eigenvalue weighted by Gasteiger charge is 2.05. The number of amides is 1. The zero-order valence-corrected chi connectivity index (χ0v) is 8.81. The van der Waals surface area contributed by atoms with Crippen LogP contribution in [0.5, 0.6) is 0 Å². The van der Waals surface area contributed by atoms with Gasteiger partial charge in [-0.2, -0.15) is 0 Å². The Morgan fingerprint density at radius 1 is 1.57 bits per heavy atom. The Morgan fingerprint density at radius 3 is 2.71 bits per heavy atom. The average molecular weight is 216 g/mol. The Morgan fingerprint density at radius 2 is 2.21 bits per heavy atom. The van der Waals surface area contributed by atoms with E-state index in [2.05, 4.69) is 0 Å². The van der Waals surface area contributed by atoms with E-state index in [9.17, 15) is 9.18 Å². The predicted octanol–water partition coefficient (Wildman–Crippen LogP) is 2.46. The van der Waals surface area contributed by atoms with Gasteiger partial charge in [0.15, 0.2) is 0 Å². The van der Waals surface area contributed by atoms with Crippen molar-refractivity contribution in [2.45, 2.75) is 13.5 Å². The molecule has 0 fully saturated rings. The highest BCUT2D eigenvalue weighted by molar-refractivity contribution is 6.30. The quantitative estimate of drug-likeness (QED) is 0.742. The van der Waals surface area contributed by atoms with Crippen molar-refractivity contribution in [2.75, 3.05) is 7.05 Å². The van der Waals surface area contributed by atoms with Gasteiger partial charge in [-0.05, 0) is 17.7 Å². The third-order valence-electron chi connectivity index (χ3n) is 1.94. The summed E-state index contributed by atoms with van der Waals surface area (Å²) in [4.78, 5) is 12.5. The van der Waals surface area contributed by atoms with Gasteiger partial charge < -0.3 is 4.90 Å². The molecule has 0 bridgehead atoms. The van der Waals surface area contributed by atoms with E-state index in [4.69, 9.17) is 11.6 Å². The van der Waals surface area contributed by atoms with Crippen LogP contribution in [0.3, 0.4) is 0 Å². The third-order valence-corrected chi connectivity index (χ3v) is 2.23. The molecule has 1 aromatic carbocycles. The number of rotatable bonds is 2. The lowest BCUT2D eigenvalue weighted by atomic mass is 10.2.